The number of aliphatic carboxylic acids is 1. The van der Waals surface area contributed by atoms with Gasteiger partial charge in [-0.15, -0.1) is 0 Å². The van der Waals surface area contributed by atoms with Gasteiger partial charge in [0.1, 0.15) is 0 Å². The normalized spacial score (nSPS) is 22.9. The summed E-state index contributed by atoms with van der Waals surface area (Å²) >= 11 is 3.45. The van der Waals surface area contributed by atoms with Gasteiger partial charge in [-0.05, 0) is 48.8 Å². The fourth-order valence-corrected chi connectivity index (χ4v) is 3.21. The van der Waals surface area contributed by atoms with Crippen LogP contribution in [0, 0.1) is 11.8 Å². The molecule has 0 amide bonds. The van der Waals surface area contributed by atoms with E-state index in [1.54, 1.807) is 0 Å². The predicted octanol–water partition coefficient (Wildman–Crippen LogP) is 4.03. The summed E-state index contributed by atoms with van der Waals surface area (Å²) in [5.74, 6) is 0.0884. The van der Waals surface area contributed by atoms with E-state index in [0.29, 0.717) is 24.4 Å². The Bertz CT molecular complexity index is 466. The zero-order chi connectivity index (χ0) is 15.4. The Morgan fingerprint density at radius 1 is 1.33 bits per heavy atom. The van der Waals surface area contributed by atoms with Gasteiger partial charge in [0.25, 0.3) is 0 Å². The van der Waals surface area contributed by atoms with Crippen LogP contribution in [0.3, 0.4) is 0 Å². The van der Waals surface area contributed by atoms with Crippen molar-refractivity contribution in [2.75, 3.05) is 6.54 Å². The first kappa shape index (κ1) is 16.5. The maximum Gasteiger partial charge on any atom is 0.307 e. The molecule has 0 aromatic heterocycles. The third-order valence-electron chi connectivity index (χ3n) is 4.24. The van der Waals surface area contributed by atoms with E-state index in [9.17, 15) is 9.90 Å². The first-order valence-corrected chi connectivity index (χ1v) is 8.46. The Balaban J connectivity index is 1.74. The van der Waals surface area contributed by atoms with E-state index in [-0.39, 0.29) is 5.92 Å². The van der Waals surface area contributed by atoms with Crippen LogP contribution in [-0.2, 0) is 4.79 Å². The van der Waals surface area contributed by atoms with Gasteiger partial charge < -0.3 is 10.4 Å². The SMILES string of the molecule is CC(C)CC(CNC1CC(c2ccc(Br)cc2)C1)C(=O)O. The summed E-state index contributed by atoms with van der Waals surface area (Å²) in [5, 5.41) is 12.7. The fourth-order valence-electron chi connectivity index (χ4n) is 2.94. The lowest BCUT2D eigenvalue weighted by Crippen LogP contribution is -2.43. The standard InChI is InChI=1S/C17H24BrNO2/c1-11(2)7-14(17(20)21)10-19-16-8-13(9-16)12-3-5-15(18)6-4-12/h3-6,11,13-14,16,19H,7-10H2,1-2H3,(H,20,21). The van der Waals surface area contributed by atoms with Gasteiger partial charge in [0.05, 0.1) is 5.92 Å². The zero-order valence-corrected chi connectivity index (χ0v) is 14.3. The van der Waals surface area contributed by atoms with Crippen LogP contribution in [0.4, 0.5) is 0 Å². The van der Waals surface area contributed by atoms with E-state index in [1.807, 2.05) is 0 Å². The number of nitrogens with one attached hydrogen (secondary N) is 1. The summed E-state index contributed by atoms with van der Waals surface area (Å²) in [6.07, 6.45) is 2.95. The second-order valence-electron chi connectivity index (χ2n) is 6.49. The van der Waals surface area contributed by atoms with Gasteiger partial charge in [0.15, 0.2) is 0 Å². The molecule has 1 aliphatic rings. The van der Waals surface area contributed by atoms with Crippen LogP contribution in [0.15, 0.2) is 28.7 Å². The Morgan fingerprint density at radius 3 is 2.48 bits per heavy atom. The first-order valence-electron chi connectivity index (χ1n) is 7.67. The van der Waals surface area contributed by atoms with Crippen LogP contribution in [0.1, 0.15) is 44.6 Å². The molecular weight excluding hydrogens is 330 g/mol. The molecule has 2 rings (SSSR count). The molecule has 0 radical (unpaired) electrons. The predicted molar refractivity (Wildman–Crippen MR) is 88.5 cm³/mol. The molecule has 1 aromatic rings. The largest absolute Gasteiger partial charge is 0.481 e. The second kappa shape index (κ2) is 7.41. The highest BCUT2D eigenvalue weighted by atomic mass is 79.9. The smallest absolute Gasteiger partial charge is 0.307 e. The third-order valence-corrected chi connectivity index (χ3v) is 4.77. The lowest BCUT2D eigenvalue weighted by molar-refractivity contribution is -0.142. The van der Waals surface area contributed by atoms with E-state index >= 15 is 0 Å². The highest BCUT2D eigenvalue weighted by Crippen LogP contribution is 2.37. The van der Waals surface area contributed by atoms with Crippen molar-refractivity contribution in [1.29, 1.82) is 0 Å². The van der Waals surface area contributed by atoms with Gasteiger partial charge in [-0.2, -0.15) is 0 Å². The van der Waals surface area contributed by atoms with Gasteiger partial charge >= 0.3 is 5.97 Å². The summed E-state index contributed by atoms with van der Waals surface area (Å²) in [5.41, 5.74) is 1.38. The minimum Gasteiger partial charge on any atom is -0.481 e. The lowest BCUT2D eigenvalue weighted by Gasteiger charge is -2.37. The van der Waals surface area contributed by atoms with Crippen molar-refractivity contribution < 1.29 is 9.90 Å². The third kappa shape index (κ3) is 4.82. The molecule has 3 nitrogen and oxygen atoms in total. The topological polar surface area (TPSA) is 49.3 Å². The average Bonchev–Trinajstić information content (AvgIpc) is 2.36. The molecule has 0 bridgehead atoms. The molecule has 1 unspecified atom stereocenters. The van der Waals surface area contributed by atoms with Crippen molar-refractivity contribution in [2.24, 2.45) is 11.8 Å². The quantitative estimate of drug-likeness (QED) is 0.777. The Labute approximate surface area is 135 Å². The molecule has 0 spiro atoms. The molecule has 1 saturated carbocycles. The Hall–Kier alpha value is -0.870. The number of carbonyl (C=O) groups is 1. The maximum absolute atomic E-state index is 11.2. The van der Waals surface area contributed by atoms with Crippen LogP contribution >= 0.6 is 15.9 Å². The molecular formula is C17H24BrNO2. The van der Waals surface area contributed by atoms with Crippen molar-refractivity contribution >= 4 is 21.9 Å². The number of carboxylic acids is 1. The molecule has 1 aromatic carbocycles. The van der Waals surface area contributed by atoms with Crippen LogP contribution in [-0.4, -0.2) is 23.7 Å². The van der Waals surface area contributed by atoms with Gasteiger partial charge in [-0.3, -0.25) is 4.79 Å². The van der Waals surface area contributed by atoms with Crippen LogP contribution in [0.25, 0.3) is 0 Å². The van der Waals surface area contributed by atoms with E-state index < -0.39 is 5.97 Å². The number of carboxylic acid groups (broad SMARTS) is 1. The van der Waals surface area contributed by atoms with Gasteiger partial charge in [-0.25, -0.2) is 0 Å². The van der Waals surface area contributed by atoms with E-state index in [0.717, 1.165) is 23.7 Å². The van der Waals surface area contributed by atoms with Gasteiger partial charge in [0, 0.05) is 17.1 Å². The summed E-state index contributed by atoms with van der Waals surface area (Å²) in [6, 6.07) is 8.97. The molecule has 0 saturated heterocycles. The minimum absolute atomic E-state index is 0.267. The maximum atomic E-state index is 11.2. The Morgan fingerprint density at radius 2 is 1.95 bits per heavy atom. The summed E-state index contributed by atoms with van der Waals surface area (Å²) in [7, 11) is 0. The molecule has 0 heterocycles. The number of halogens is 1. The van der Waals surface area contributed by atoms with Crippen molar-refractivity contribution in [3.8, 4) is 0 Å². The van der Waals surface area contributed by atoms with Crippen LogP contribution < -0.4 is 5.32 Å². The number of benzene rings is 1. The van der Waals surface area contributed by atoms with Crippen molar-refractivity contribution in [3.05, 3.63) is 34.3 Å². The molecule has 116 valence electrons. The van der Waals surface area contributed by atoms with Crippen molar-refractivity contribution in [3.63, 3.8) is 0 Å². The van der Waals surface area contributed by atoms with Crippen LogP contribution in [0.2, 0.25) is 0 Å². The van der Waals surface area contributed by atoms with Crippen molar-refractivity contribution in [1.82, 2.24) is 5.32 Å². The highest BCUT2D eigenvalue weighted by Gasteiger charge is 2.31. The van der Waals surface area contributed by atoms with Crippen LogP contribution in [0.5, 0.6) is 0 Å². The number of hydrogen-bond acceptors (Lipinski definition) is 2. The molecule has 4 heteroatoms. The summed E-state index contributed by atoms with van der Waals surface area (Å²) in [6.45, 7) is 4.73. The lowest BCUT2D eigenvalue weighted by atomic mass is 9.75. The number of hydrogen-bond donors (Lipinski definition) is 2. The van der Waals surface area contributed by atoms with Crippen molar-refractivity contribution in [2.45, 2.75) is 45.1 Å². The van der Waals surface area contributed by atoms with E-state index in [1.165, 1.54) is 5.56 Å². The van der Waals surface area contributed by atoms with E-state index in [2.05, 4.69) is 59.4 Å². The summed E-state index contributed by atoms with van der Waals surface area (Å²) < 4.78 is 1.11. The van der Waals surface area contributed by atoms with Gasteiger partial charge in [-0.1, -0.05) is 41.9 Å². The average molecular weight is 354 g/mol. The Kier molecular flexibility index (Phi) is 5.82. The molecule has 0 aliphatic heterocycles. The fraction of sp³-hybridized carbons (Fsp3) is 0.588. The summed E-state index contributed by atoms with van der Waals surface area (Å²) in [4.78, 5) is 11.2. The van der Waals surface area contributed by atoms with Gasteiger partial charge in [0.2, 0.25) is 0 Å². The minimum atomic E-state index is -0.681. The highest BCUT2D eigenvalue weighted by molar-refractivity contribution is 9.10. The zero-order valence-electron chi connectivity index (χ0n) is 12.7. The second-order valence-corrected chi connectivity index (χ2v) is 7.41. The molecule has 2 N–H and O–H groups in total. The van der Waals surface area contributed by atoms with E-state index in [4.69, 9.17) is 0 Å². The molecule has 21 heavy (non-hydrogen) atoms. The molecule has 1 aliphatic carbocycles. The monoisotopic (exact) mass is 353 g/mol. The number of rotatable bonds is 7. The molecule has 1 atom stereocenters. The first-order chi connectivity index (χ1) is 9.95. The molecule has 1 fully saturated rings.